The van der Waals surface area contributed by atoms with Crippen molar-refractivity contribution in [2.45, 2.75) is 18.8 Å². The van der Waals surface area contributed by atoms with Crippen LogP contribution in [0, 0.1) is 5.41 Å². The summed E-state index contributed by atoms with van der Waals surface area (Å²) in [5, 5.41) is 3.42. The summed E-state index contributed by atoms with van der Waals surface area (Å²) in [4.78, 5) is 14.5. The molecular formula is C16H22N2O2. The van der Waals surface area contributed by atoms with E-state index in [0.717, 1.165) is 38.2 Å². The number of carbonyl (C=O) groups is 1. The molecule has 108 valence electrons. The lowest BCUT2D eigenvalue weighted by Crippen LogP contribution is -2.47. The maximum absolute atomic E-state index is 12.7. The number of methoxy groups -OCH3 is 1. The molecule has 0 bridgehead atoms. The molecule has 2 saturated heterocycles. The van der Waals surface area contributed by atoms with E-state index in [1.54, 1.807) is 7.11 Å². The molecular weight excluding hydrogens is 252 g/mol. The van der Waals surface area contributed by atoms with Gasteiger partial charge in [0, 0.05) is 26.1 Å². The largest absolute Gasteiger partial charge is 0.497 e. The van der Waals surface area contributed by atoms with Gasteiger partial charge in [0.1, 0.15) is 5.75 Å². The molecule has 1 N–H and O–H groups in total. The lowest BCUT2D eigenvalue weighted by atomic mass is 9.69. The van der Waals surface area contributed by atoms with Crippen molar-refractivity contribution >= 4 is 5.91 Å². The van der Waals surface area contributed by atoms with E-state index in [0.29, 0.717) is 5.91 Å². The minimum absolute atomic E-state index is 0.248. The second kappa shape index (κ2) is 5.09. The van der Waals surface area contributed by atoms with Crippen LogP contribution >= 0.6 is 0 Å². The van der Waals surface area contributed by atoms with E-state index in [4.69, 9.17) is 4.74 Å². The summed E-state index contributed by atoms with van der Waals surface area (Å²) in [5.74, 6) is 1.44. The summed E-state index contributed by atoms with van der Waals surface area (Å²) >= 11 is 0. The maximum atomic E-state index is 12.7. The number of nitrogens with one attached hydrogen (secondary N) is 1. The number of amides is 1. The van der Waals surface area contributed by atoms with Gasteiger partial charge in [-0.15, -0.1) is 0 Å². The number of carbonyl (C=O) groups excluding carboxylic acids is 1. The highest BCUT2D eigenvalue weighted by atomic mass is 16.5. The Labute approximate surface area is 120 Å². The second-order valence-corrected chi connectivity index (χ2v) is 5.95. The second-order valence-electron chi connectivity index (χ2n) is 5.95. The molecule has 2 atom stereocenters. The Hall–Kier alpha value is -1.55. The van der Waals surface area contributed by atoms with Crippen LogP contribution in [-0.4, -0.2) is 44.6 Å². The third kappa shape index (κ3) is 1.99. The molecule has 1 aromatic rings. The molecule has 0 aromatic heterocycles. The van der Waals surface area contributed by atoms with Gasteiger partial charge in [0.25, 0.3) is 0 Å². The van der Waals surface area contributed by atoms with Crippen LogP contribution in [-0.2, 0) is 4.79 Å². The van der Waals surface area contributed by atoms with E-state index < -0.39 is 0 Å². The first-order chi connectivity index (χ1) is 9.67. The topological polar surface area (TPSA) is 41.6 Å². The number of piperidine rings is 1. The first kappa shape index (κ1) is 13.4. The molecule has 0 radical (unpaired) electrons. The average molecular weight is 274 g/mol. The van der Waals surface area contributed by atoms with Gasteiger partial charge in [0.05, 0.1) is 12.5 Å². The molecule has 1 amide bonds. The molecule has 2 heterocycles. The monoisotopic (exact) mass is 274 g/mol. The number of likely N-dealkylation sites (N-methyl/N-ethyl adjacent to an activating group) is 1. The Kier molecular flexibility index (Phi) is 3.42. The molecule has 4 nitrogen and oxygen atoms in total. The third-order valence-corrected chi connectivity index (χ3v) is 4.83. The van der Waals surface area contributed by atoms with Crippen LogP contribution in [0.1, 0.15) is 24.3 Å². The number of hydrogen-bond donors (Lipinski definition) is 1. The smallest absolute Gasteiger partial charge is 0.230 e. The van der Waals surface area contributed by atoms with Crippen LogP contribution in [0.4, 0.5) is 0 Å². The van der Waals surface area contributed by atoms with Gasteiger partial charge < -0.3 is 15.0 Å². The van der Waals surface area contributed by atoms with Crippen molar-refractivity contribution in [3.63, 3.8) is 0 Å². The Morgan fingerprint density at radius 3 is 2.70 bits per heavy atom. The van der Waals surface area contributed by atoms with Gasteiger partial charge in [0.2, 0.25) is 5.91 Å². The van der Waals surface area contributed by atoms with Crippen LogP contribution in [0.25, 0.3) is 0 Å². The molecule has 2 fully saturated rings. The molecule has 3 rings (SSSR count). The van der Waals surface area contributed by atoms with E-state index >= 15 is 0 Å². The van der Waals surface area contributed by atoms with Crippen LogP contribution in [0.15, 0.2) is 24.3 Å². The van der Waals surface area contributed by atoms with Gasteiger partial charge in [-0.25, -0.2) is 0 Å². The Balaban J connectivity index is 1.95. The van der Waals surface area contributed by atoms with Gasteiger partial charge in [-0.2, -0.15) is 0 Å². The van der Waals surface area contributed by atoms with Crippen LogP contribution in [0.3, 0.4) is 0 Å². The Bertz CT molecular complexity index is 492. The number of nitrogens with zero attached hydrogens (tertiary/aromatic N) is 1. The number of ether oxygens (including phenoxy) is 1. The zero-order valence-electron chi connectivity index (χ0n) is 12.2. The zero-order chi connectivity index (χ0) is 14.2. The standard InChI is InChI=1S/C16H22N2O2/c1-18-10-14(12-4-6-13(20-2)7-5-12)16(15(18)19)8-3-9-17-11-16/h4-7,14,17H,3,8-11H2,1-2H3/t14-,16+/m1/s1. The predicted octanol–water partition coefficient (Wildman–Crippen LogP) is 1.62. The van der Waals surface area contributed by atoms with Crippen LogP contribution in [0.5, 0.6) is 5.75 Å². The molecule has 2 aliphatic rings. The summed E-state index contributed by atoms with van der Waals surface area (Å²) < 4.78 is 5.22. The molecule has 0 aliphatic carbocycles. The first-order valence-electron chi connectivity index (χ1n) is 7.27. The fourth-order valence-electron chi connectivity index (χ4n) is 3.73. The lowest BCUT2D eigenvalue weighted by molar-refractivity contribution is -0.136. The van der Waals surface area contributed by atoms with E-state index in [-0.39, 0.29) is 11.3 Å². The highest BCUT2D eigenvalue weighted by Crippen LogP contribution is 2.47. The first-order valence-corrected chi connectivity index (χ1v) is 7.27. The fourth-order valence-corrected chi connectivity index (χ4v) is 3.73. The van der Waals surface area contributed by atoms with E-state index in [2.05, 4.69) is 17.4 Å². The van der Waals surface area contributed by atoms with Gasteiger partial charge >= 0.3 is 0 Å². The molecule has 1 spiro atoms. The number of likely N-dealkylation sites (tertiary alicyclic amines) is 1. The summed E-state index contributed by atoms with van der Waals surface area (Å²) in [7, 11) is 3.59. The SMILES string of the molecule is COc1ccc([C@H]2CN(C)C(=O)[C@]23CCCNC3)cc1. The van der Waals surface area contributed by atoms with Gasteiger partial charge in [-0.1, -0.05) is 12.1 Å². The lowest BCUT2D eigenvalue weighted by Gasteiger charge is -2.36. The summed E-state index contributed by atoms with van der Waals surface area (Å²) in [6.45, 7) is 2.63. The van der Waals surface area contributed by atoms with Crippen molar-refractivity contribution in [3.05, 3.63) is 29.8 Å². The van der Waals surface area contributed by atoms with E-state index in [1.165, 1.54) is 5.56 Å². The van der Waals surface area contributed by atoms with Crippen molar-refractivity contribution in [2.24, 2.45) is 5.41 Å². The normalized spacial score (nSPS) is 30.0. The summed E-state index contributed by atoms with van der Waals surface area (Å²) in [5.41, 5.74) is 0.994. The average Bonchev–Trinajstić information content (AvgIpc) is 2.74. The highest BCUT2D eigenvalue weighted by Gasteiger charge is 2.53. The van der Waals surface area contributed by atoms with Crippen molar-refractivity contribution in [1.82, 2.24) is 10.2 Å². The minimum atomic E-state index is -0.248. The Morgan fingerprint density at radius 2 is 2.10 bits per heavy atom. The summed E-state index contributed by atoms with van der Waals surface area (Å²) in [6, 6.07) is 8.18. The molecule has 0 saturated carbocycles. The van der Waals surface area contributed by atoms with Crippen molar-refractivity contribution < 1.29 is 9.53 Å². The molecule has 20 heavy (non-hydrogen) atoms. The van der Waals surface area contributed by atoms with Crippen LogP contribution in [0.2, 0.25) is 0 Å². The molecule has 2 aliphatic heterocycles. The number of rotatable bonds is 2. The van der Waals surface area contributed by atoms with Gasteiger partial charge in [-0.3, -0.25) is 4.79 Å². The molecule has 1 aromatic carbocycles. The highest BCUT2D eigenvalue weighted by molar-refractivity contribution is 5.87. The Morgan fingerprint density at radius 1 is 1.35 bits per heavy atom. The van der Waals surface area contributed by atoms with Crippen molar-refractivity contribution in [1.29, 1.82) is 0 Å². The zero-order valence-corrected chi connectivity index (χ0v) is 12.2. The molecule has 4 heteroatoms. The summed E-state index contributed by atoms with van der Waals surface area (Å²) in [6.07, 6.45) is 2.06. The van der Waals surface area contributed by atoms with Gasteiger partial charge in [-0.05, 0) is 37.1 Å². The number of benzene rings is 1. The van der Waals surface area contributed by atoms with Crippen LogP contribution < -0.4 is 10.1 Å². The van der Waals surface area contributed by atoms with E-state index in [9.17, 15) is 4.79 Å². The van der Waals surface area contributed by atoms with Crippen molar-refractivity contribution in [3.8, 4) is 5.75 Å². The molecule has 0 unspecified atom stereocenters. The van der Waals surface area contributed by atoms with E-state index in [1.807, 2.05) is 24.1 Å². The van der Waals surface area contributed by atoms with Gasteiger partial charge in [0.15, 0.2) is 0 Å². The maximum Gasteiger partial charge on any atom is 0.230 e. The quantitative estimate of drug-likeness (QED) is 0.891. The third-order valence-electron chi connectivity index (χ3n) is 4.83. The predicted molar refractivity (Wildman–Crippen MR) is 77.9 cm³/mol. The minimum Gasteiger partial charge on any atom is -0.497 e. The van der Waals surface area contributed by atoms with Crippen molar-refractivity contribution in [2.75, 3.05) is 33.8 Å². The fraction of sp³-hybridized carbons (Fsp3) is 0.562. The number of hydrogen-bond acceptors (Lipinski definition) is 3.